The average molecular weight is 502 g/mol. The van der Waals surface area contributed by atoms with Crippen molar-refractivity contribution in [3.05, 3.63) is 76.5 Å². The van der Waals surface area contributed by atoms with E-state index >= 15 is 0 Å². The maximum atomic E-state index is 14.5. The molecule has 5 nitrogen and oxygen atoms in total. The van der Waals surface area contributed by atoms with Crippen LogP contribution in [-0.2, 0) is 4.74 Å². The molecule has 0 saturated carbocycles. The number of benzene rings is 1. The normalized spacial score (nSPS) is 23.4. The Labute approximate surface area is 193 Å². The van der Waals surface area contributed by atoms with Crippen molar-refractivity contribution >= 4 is 33.3 Å². The Morgan fingerprint density at radius 3 is 2.87 bits per heavy atom. The van der Waals surface area contributed by atoms with Crippen molar-refractivity contribution in [3.63, 3.8) is 0 Å². The fraction of sp³-hybridized carbons (Fsp3) is 0.304. The second kappa shape index (κ2) is 8.68. The minimum atomic E-state index is -0.340. The third-order valence-corrected chi connectivity index (χ3v) is 6.58. The molecule has 0 spiro atoms. The summed E-state index contributed by atoms with van der Waals surface area (Å²) in [5.41, 5.74) is 1.29. The Balaban J connectivity index is 1.51. The highest BCUT2D eigenvalue weighted by Gasteiger charge is 2.42. The quantitative estimate of drug-likeness (QED) is 0.472. The van der Waals surface area contributed by atoms with Crippen LogP contribution in [0.3, 0.4) is 0 Å². The predicted molar refractivity (Wildman–Crippen MR) is 123 cm³/mol. The number of thiocarbonyl (C=S) groups is 1. The molecule has 5 rings (SSSR count). The van der Waals surface area contributed by atoms with Crippen molar-refractivity contribution < 1.29 is 13.5 Å². The van der Waals surface area contributed by atoms with E-state index in [-0.39, 0.29) is 24.0 Å². The predicted octanol–water partition coefficient (Wildman–Crippen LogP) is 5.39. The maximum Gasteiger partial charge on any atom is 0.170 e. The topological polar surface area (TPSA) is 50.5 Å². The third kappa shape index (κ3) is 4.12. The van der Waals surface area contributed by atoms with E-state index in [1.807, 2.05) is 30.3 Å². The Bertz CT molecular complexity index is 1090. The summed E-state index contributed by atoms with van der Waals surface area (Å²) in [6.07, 6.45) is 3.96. The molecule has 2 aromatic heterocycles. The van der Waals surface area contributed by atoms with E-state index in [1.165, 1.54) is 6.07 Å². The van der Waals surface area contributed by atoms with Crippen molar-refractivity contribution in [1.82, 2.24) is 15.2 Å². The largest absolute Gasteiger partial charge is 0.459 e. The van der Waals surface area contributed by atoms with Gasteiger partial charge in [-0.25, -0.2) is 4.39 Å². The van der Waals surface area contributed by atoms with Gasteiger partial charge in [0.05, 0.1) is 23.4 Å². The Kier molecular flexibility index (Phi) is 5.77. The molecule has 2 fully saturated rings. The summed E-state index contributed by atoms with van der Waals surface area (Å²) < 4.78 is 27.3. The van der Waals surface area contributed by atoms with Crippen molar-refractivity contribution in [2.45, 2.75) is 31.0 Å². The van der Waals surface area contributed by atoms with Gasteiger partial charge in [-0.15, -0.1) is 0 Å². The molecule has 2 aliphatic rings. The van der Waals surface area contributed by atoms with Crippen molar-refractivity contribution in [2.24, 2.45) is 0 Å². The van der Waals surface area contributed by atoms with Gasteiger partial charge in [-0.2, -0.15) is 0 Å². The second-order valence-corrected chi connectivity index (χ2v) is 9.04. The van der Waals surface area contributed by atoms with E-state index in [9.17, 15) is 4.39 Å². The molecule has 160 valence electrons. The van der Waals surface area contributed by atoms with Gasteiger partial charge >= 0.3 is 0 Å². The summed E-state index contributed by atoms with van der Waals surface area (Å²) in [7, 11) is 0. The first-order valence-corrected chi connectivity index (χ1v) is 11.4. The zero-order valence-electron chi connectivity index (χ0n) is 16.6. The lowest BCUT2D eigenvalue weighted by Gasteiger charge is -2.28. The fourth-order valence-corrected chi connectivity index (χ4v) is 4.91. The van der Waals surface area contributed by atoms with Crippen LogP contribution in [0.25, 0.3) is 11.3 Å². The summed E-state index contributed by atoms with van der Waals surface area (Å²) in [5.74, 6) is 0.848. The maximum absolute atomic E-state index is 14.5. The van der Waals surface area contributed by atoms with Gasteiger partial charge < -0.3 is 19.4 Å². The van der Waals surface area contributed by atoms with Gasteiger partial charge in [0.2, 0.25) is 0 Å². The molecular formula is C23H21BrFN3O2S. The molecule has 0 unspecified atom stereocenters. The molecule has 8 heteroatoms. The monoisotopic (exact) mass is 501 g/mol. The molecule has 3 atom stereocenters. The first-order chi connectivity index (χ1) is 15.1. The molecule has 0 aliphatic carbocycles. The van der Waals surface area contributed by atoms with Gasteiger partial charge in [-0.1, -0.05) is 22.0 Å². The highest BCUT2D eigenvalue weighted by Crippen LogP contribution is 2.41. The van der Waals surface area contributed by atoms with E-state index < -0.39 is 0 Å². The molecular weight excluding hydrogens is 481 g/mol. The van der Waals surface area contributed by atoms with Crippen LogP contribution in [0.2, 0.25) is 0 Å². The number of rotatable bonds is 5. The number of pyridine rings is 1. The number of furan rings is 1. The summed E-state index contributed by atoms with van der Waals surface area (Å²) in [6, 6.07) is 14.1. The molecule has 2 saturated heterocycles. The van der Waals surface area contributed by atoms with Crippen molar-refractivity contribution in [3.8, 4) is 11.3 Å². The van der Waals surface area contributed by atoms with Gasteiger partial charge in [0.15, 0.2) is 5.11 Å². The third-order valence-electron chi connectivity index (χ3n) is 5.74. The molecule has 0 radical (unpaired) electrons. The van der Waals surface area contributed by atoms with Crippen LogP contribution in [0, 0.1) is 5.82 Å². The van der Waals surface area contributed by atoms with Crippen LogP contribution >= 0.6 is 28.1 Å². The van der Waals surface area contributed by atoms with E-state index in [4.69, 9.17) is 21.4 Å². The average Bonchev–Trinajstić information content (AvgIpc) is 3.51. The molecule has 1 N–H and O–H groups in total. The summed E-state index contributed by atoms with van der Waals surface area (Å²) in [5, 5.41) is 4.05. The number of nitrogens with one attached hydrogen (secondary N) is 1. The number of hydrogen-bond donors (Lipinski definition) is 1. The highest BCUT2D eigenvalue weighted by molar-refractivity contribution is 9.10. The molecule has 31 heavy (non-hydrogen) atoms. The standard InChI is InChI=1S/C23H21BrFN3O2S/c24-14-6-7-16(17(25)12-14)19-8-9-20(30-19)22-21(18-5-1-2-10-26-18)27-23(31)28(22)13-15-4-3-11-29-15/h1-2,5-10,12,15,21-22H,3-4,11,13H2,(H,27,31)/t15-,21+,22-/m0/s1. The lowest BCUT2D eigenvalue weighted by atomic mass is 10.0. The van der Waals surface area contributed by atoms with Crippen molar-refractivity contribution in [2.75, 3.05) is 13.2 Å². The van der Waals surface area contributed by atoms with E-state index in [2.05, 4.69) is 31.1 Å². The second-order valence-electron chi connectivity index (χ2n) is 7.74. The number of aromatic nitrogens is 1. The summed E-state index contributed by atoms with van der Waals surface area (Å²) >= 11 is 8.99. The minimum absolute atomic E-state index is 0.128. The highest BCUT2D eigenvalue weighted by atomic mass is 79.9. The van der Waals surface area contributed by atoms with Crippen LogP contribution in [0.4, 0.5) is 4.39 Å². The number of hydrogen-bond acceptors (Lipinski definition) is 4. The molecule has 1 aromatic carbocycles. The smallest absolute Gasteiger partial charge is 0.170 e. The zero-order chi connectivity index (χ0) is 21.4. The zero-order valence-corrected chi connectivity index (χ0v) is 19.0. The van der Waals surface area contributed by atoms with E-state index in [0.29, 0.717) is 33.2 Å². The van der Waals surface area contributed by atoms with Gasteiger partial charge in [0.1, 0.15) is 23.4 Å². The Morgan fingerprint density at radius 1 is 1.23 bits per heavy atom. The molecule has 4 heterocycles. The SMILES string of the molecule is Fc1cc(Br)ccc1-c1ccc([C@H]2[C@@H](c3ccccn3)NC(=S)N2C[C@@H]2CCCO2)o1. The Morgan fingerprint density at radius 2 is 2.13 bits per heavy atom. The van der Waals surface area contributed by atoms with Gasteiger partial charge in [-0.3, -0.25) is 4.98 Å². The lowest BCUT2D eigenvalue weighted by Crippen LogP contribution is -2.36. The van der Waals surface area contributed by atoms with Crippen LogP contribution in [0.15, 0.2) is 63.6 Å². The van der Waals surface area contributed by atoms with Crippen LogP contribution in [-0.4, -0.2) is 34.3 Å². The first kappa shape index (κ1) is 20.6. The molecule has 0 amide bonds. The Hall–Kier alpha value is -2.29. The molecule has 0 bridgehead atoms. The number of halogens is 2. The van der Waals surface area contributed by atoms with Crippen LogP contribution < -0.4 is 5.32 Å². The molecule has 3 aromatic rings. The fourth-order valence-electron chi connectivity index (χ4n) is 4.26. The van der Waals surface area contributed by atoms with Crippen molar-refractivity contribution in [1.29, 1.82) is 0 Å². The minimum Gasteiger partial charge on any atom is -0.459 e. The van der Waals surface area contributed by atoms with Gasteiger partial charge in [0, 0.05) is 23.8 Å². The summed E-state index contributed by atoms with van der Waals surface area (Å²) in [4.78, 5) is 6.66. The number of ether oxygens (including phenoxy) is 1. The number of nitrogens with zero attached hydrogens (tertiary/aromatic N) is 2. The molecule has 2 aliphatic heterocycles. The van der Waals surface area contributed by atoms with Gasteiger partial charge in [-0.05, 0) is 67.5 Å². The van der Waals surface area contributed by atoms with Crippen LogP contribution in [0.5, 0.6) is 0 Å². The van der Waals surface area contributed by atoms with E-state index in [0.717, 1.165) is 25.1 Å². The summed E-state index contributed by atoms with van der Waals surface area (Å²) in [6.45, 7) is 1.45. The lowest BCUT2D eigenvalue weighted by molar-refractivity contribution is 0.0818. The van der Waals surface area contributed by atoms with Crippen LogP contribution in [0.1, 0.15) is 36.4 Å². The van der Waals surface area contributed by atoms with Gasteiger partial charge in [0.25, 0.3) is 0 Å². The first-order valence-electron chi connectivity index (χ1n) is 10.2. The van der Waals surface area contributed by atoms with E-state index in [1.54, 1.807) is 18.3 Å².